The van der Waals surface area contributed by atoms with Crippen LogP contribution in [0, 0.1) is 0 Å². The maximum atomic E-state index is 11.2. The van der Waals surface area contributed by atoms with Crippen molar-refractivity contribution in [3.63, 3.8) is 0 Å². The number of benzene rings is 1. The van der Waals surface area contributed by atoms with Crippen LogP contribution in [-0.2, 0) is 32.3 Å². The first-order valence-corrected chi connectivity index (χ1v) is 7.22. The first-order chi connectivity index (χ1) is 10.9. The van der Waals surface area contributed by atoms with Crippen LogP contribution in [0.2, 0.25) is 5.15 Å². The molecular formula is C16H16ClNO5. The Bertz CT molecular complexity index is 760. The van der Waals surface area contributed by atoms with E-state index in [0.717, 1.165) is 5.39 Å². The van der Waals surface area contributed by atoms with E-state index in [1.54, 1.807) is 25.3 Å². The first-order valence-electron chi connectivity index (χ1n) is 6.84. The number of methoxy groups -OCH3 is 1. The quantitative estimate of drug-likeness (QED) is 0.616. The summed E-state index contributed by atoms with van der Waals surface area (Å²) >= 11 is 6.21. The summed E-state index contributed by atoms with van der Waals surface area (Å²) in [7, 11) is 1.55. The minimum Gasteiger partial charge on any atom is -0.497 e. The summed E-state index contributed by atoms with van der Waals surface area (Å²) in [5, 5.41) is 0.920. The molecule has 1 aromatic carbocycles. The van der Waals surface area contributed by atoms with E-state index in [4.69, 9.17) is 25.8 Å². The monoisotopic (exact) mass is 337 g/mol. The van der Waals surface area contributed by atoms with E-state index in [0.29, 0.717) is 22.4 Å². The van der Waals surface area contributed by atoms with E-state index in [2.05, 4.69) is 4.98 Å². The summed E-state index contributed by atoms with van der Waals surface area (Å²) in [4.78, 5) is 26.5. The number of rotatable bonds is 5. The smallest absolute Gasteiger partial charge is 0.302 e. The molecule has 0 unspecified atom stereocenters. The number of fused-ring (bicyclic) bond motifs is 1. The van der Waals surface area contributed by atoms with Gasteiger partial charge in [-0.25, -0.2) is 4.98 Å². The summed E-state index contributed by atoms with van der Waals surface area (Å²) in [6.45, 7) is 2.57. The maximum Gasteiger partial charge on any atom is 0.302 e. The predicted octanol–water partition coefficient (Wildman–Crippen LogP) is 3.02. The molecule has 0 amide bonds. The van der Waals surface area contributed by atoms with Crippen molar-refractivity contribution in [2.75, 3.05) is 7.11 Å². The van der Waals surface area contributed by atoms with Crippen LogP contribution in [0.5, 0.6) is 5.75 Å². The Morgan fingerprint density at radius 3 is 2.26 bits per heavy atom. The molecule has 0 aliphatic heterocycles. The van der Waals surface area contributed by atoms with Gasteiger partial charge in [0.05, 0.1) is 12.6 Å². The Labute approximate surface area is 138 Å². The molecule has 0 aliphatic carbocycles. The molecule has 6 nitrogen and oxygen atoms in total. The van der Waals surface area contributed by atoms with Gasteiger partial charge in [-0.1, -0.05) is 11.6 Å². The van der Waals surface area contributed by atoms with Crippen LogP contribution in [0.3, 0.4) is 0 Å². The van der Waals surface area contributed by atoms with Gasteiger partial charge in [0.1, 0.15) is 24.1 Å². The lowest BCUT2D eigenvalue weighted by Gasteiger charge is -2.15. The number of hydrogen-bond acceptors (Lipinski definition) is 6. The summed E-state index contributed by atoms with van der Waals surface area (Å²) in [6, 6.07) is 5.29. The highest BCUT2D eigenvalue weighted by Crippen LogP contribution is 2.30. The molecule has 0 spiro atoms. The molecule has 0 bridgehead atoms. The van der Waals surface area contributed by atoms with Crippen LogP contribution in [0.1, 0.15) is 25.0 Å². The summed E-state index contributed by atoms with van der Waals surface area (Å²) in [5.74, 6) is -0.234. The molecule has 0 saturated carbocycles. The molecular weight excluding hydrogens is 322 g/mol. The van der Waals surface area contributed by atoms with E-state index in [1.165, 1.54) is 13.8 Å². The average molecular weight is 338 g/mol. The Morgan fingerprint density at radius 2 is 1.70 bits per heavy atom. The SMILES string of the molecule is COc1ccc2nc(Cl)c(COC(C)=O)c(COC(C)=O)c2c1. The number of pyridine rings is 1. The molecule has 0 fully saturated rings. The molecule has 1 aromatic heterocycles. The Balaban J connectivity index is 2.59. The largest absolute Gasteiger partial charge is 0.497 e. The average Bonchev–Trinajstić information content (AvgIpc) is 2.50. The summed E-state index contributed by atoms with van der Waals surface area (Å²) in [5.41, 5.74) is 1.77. The second kappa shape index (κ2) is 7.28. The third-order valence-electron chi connectivity index (χ3n) is 3.20. The van der Waals surface area contributed by atoms with E-state index in [9.17, 15) is 9.59 Å². The molecule has 0 saturated heterocycles. The second-order valence-corrected chi connectivity index (χ2v) is 5.16. The van der Waals surface area contributed by atoms with Gasteiger partial charge >= 0.3 is 11.9 Å². The lowest BCUT2D eigenvalue weighted by molar-refractivity contribution is -0.143. The molecule has 0 radical (unpaired) electrons. The third kappa shape index (κ3) is 4.10. The molecule has 0 aliphatic rings. The minimum atomic E-state index is -0.440. The first kappa shape index (κ1) is 17.0. The number of halogens is 1. The zero-order valence-corrected chi connectivity index (χ0v) is 13.8. The van der Waals surface area contributed by atoms with Gasteiger partial charge in [-0.2, -0.15) is 0 Å². The van der Waals surface area contributed by atoms with Gasteiger partial charge in [-0.3, -0.25) is 9.59 Å². The number of hydrogen-bond donors (Lipinski definition) is 0. The highest BCUT2D eigenvalue weighted by atomic mass is 35.5. The van der Waals surface area contributed by atoms with Crippen LogP contribution in [0.4, 0.5) is 0 Å². The number of aromatic nitrogens is 1. The van der Waals surface area contributed by atoms with Gasteiger partial charge < -0.3 is 14.2 Å². The van der Waals surface area contributed by atoms with Gasteiger partial charge in [0.15, 0.2) is 0 Å². The fourth-order valence-electron chi connectivity index (χ4n) is 2.10. The van der Waals surface area contributed by atoms with Crippen molar-refractivity contribution in [3.05, 3.63) is 34.5 Å². The minimum absolute atomic E-state index is 0.00214. The molecule has 1 heterocycles. The third-order valence-corrected chi connectivity index (χ3v) is 3.51. The molecule has 0 atom stereocenters. The number of nitrogens with zero attached hydrogens (tertiary/aromatic N) is 1. The van der Waals surface area contributed by atoms with E-state index < -0.39 is 11.9 Å². The van der Waals surface area contributed by atoms with Crippen molar-refractivity contribution in [1.29, 1.82) is 0 Å². The molecule has 23 heavy (non-hydrogen) atoms. The number of ether oxygens (including phenoxy) is 3. The van der Waals surface area contributed by atoms with Crippen molar-refractivity contribution >= 4 is 34.4 Å². The normalized spacial score (nSPS) is 10.4. The molecule has 2 rings (SSSR count). The lowest BCUT2D eigenvalue weighted by atomic mass is 10.0. The van der Waals surface area contributed by atoms with Crippen LogP contribution < -0.4 is 4.74 Å². The van der Waals surface area contributed by atoms with Crippen LogP contribution in [0.25, 0.3) is 10.9 Å². The van der Waals surface area contributed by atoms with Gasteiger partial charge in [-0.05, 0) is 18.2 Å². The van der Waals surface area contributed by atoms with Gasteiger partial charge in [0.25, 0.3) is 0 Å². The fourth-order valence-corrected chi connectivity index (χ4v) is 2.36. The van der Waals surface area contributed by atoms with E-state index in [1.807, 2.05) is 0 Å². The summed E-state index contributed by atoms with van der Waals surface area (Å²) in [6.07, 6.45) is 0. The Hall–Kier alpha value is -2.34. The van der Waals surface area contributed by atoms with Crippen molar-refractivity contribution in [2.45, 2.75) is 27.1 Å². The highest BCUT2D eigenvalue weighted by molar-refractivity contribution is 6.30. The van der Waals surface area contributed by atoms with Crippen LogP contribution >= 0.6 is 11.6 Å². The maximum absolute atomic E-state index is 11.2. The molecule has 7 heteroatoms. The van der Waals surface area contributed by atoms with Gasteiger partial charge in [0, 0.05) is 30.4 Å². The van der Waals surface area contributed by atoms with Crippen molar-refractivity contribution in [1.82, 2.24) is 4.98 Å². The Morgan fingerprint density at radius 1 is 1.09 bits per heavy atom. The standard InChI is InChI=1S/C16H16ClNO5/c1-9(19)22-7-13-12-6-11(21-3)4-5-15(12)18-16(17)14(13)8-23-10(2)20/h4-6H,7-8H2,1-3H3. The van der Waals surface area contributed by atoms with Crippen LogP contribution in [-0.4, -0.2) is 24.0 Å². The Kier molecular flexibility index (Phi) is 5.39. The second-order valence-electron chi connectivity index (χ2n) is 4.80. The van der Waals surface area contributed by atoms with Crippen molar-refractivity contribution in [3.8, 4) is 5.75 Å². The van der Waals surface area contributed by atoms with E-state index >= 15 is 0 Å². The highest BCUT2D eigenvalue weighted by Gasteiger charge is 2.17. The zero-order chi connectivity index (χ0) is 17.0. The lowest BCUT2D eigenvalue weighted by Crippen LogP contribution is -2.08. The topological polar surface area (TPSA) is 74.7 Å². The molecule has 0 N–H and O–H groups in total. The summed E-state index contributed by atoms with van der Waals surface area (Å²) < 4.78 is 15.3. The van der Waals surface area contributed by atoms with E-state index in [-0.39, 0.29) is 18.4 Å². The van der Waals surface area contributed by atoms with Gasteiger partial charge in [0.2, 0.25) is 0 Å². The number of carbonyl (C=O) groups excluding carboxylic acids is 2. The van der Waals surface area contributed by atoms with Crippen molar-refractivity contribution in [2.24, 2.45) is 0 Å². The predicted molar refractivity (Wildman–Crippen MR) is 84.2 cm³/mol. The number of esters is 2. The molecule has 122 valence electrons. The zero-order valence-electron chi connectivity index (χ0n) is 13.0. The van der Waals surface area contributed by atoms with Crippen molar-refractivity contribution < 1.29 is 23.8 Å². The molecule has 2 aromatic rings. The number of carbonyl (C=O) groups is 2. The van der Waals surface area contributed by atoms with Gasteiger partial charge in [-0.15, -0.1) is 0 Å². The van der Waals surface area contributed by atoms with Crippen LogP contribution in [0.15, 0.2) is 18.2 Å². The fraction of sp³-hybridized carbons (Fsp3) is 0.312.